The van der Waals surface area contributed by atoms with Gasteiger partial charge in [-0.2, -0.15) is 0 Å². The number of likely N-dealkylation sites (tertiary alicyclic amines) is 2. The van der Waals surface area contributed by atoms with E-state index in [1.807, 2.05) is 0 Å². The fraction of sp³-hybridized carbons (Fsp3) is 0.941. The molecule has 2 aliphatic heterocycles. The van der Waals surface area contributed by atoms with Gasteiger partial charge in [-0.25, -0.2) is 0 Å². The highest BCUT2D eigenvalue weighted by molar-refractivity contribution is 14.0. The van der Waals surface area contributed by atoms with E-state index in [2.05, 4.69) is 42.8 Å². The SMILES string of the molecule is CCNC(=NCC(C)CN1CCCC1)N1CCC(C)(C)C1.I. The van der Waals surface area contributed by atoms with Gasteiger partial charge in [0.25, 0.3) is 0 Å². The lowest BCUT2D eigenvalue weighted by atomic mass is 9.93. The van der Waals surface area contributed by atoms with Gasteiger partial charge in [-0.3, -0.25) is 4.99 Å². The van der Waals surface area contributed by atoms with Gasteiger partial charge in [-0.1, -0.05) is 20.8 Å². The maximum atomic E-state index is 4.91. The molecule has 0 bridgehead atoms. The predicted octanol–water partition coefficient (Wildman–Crippen LogP) is 3.03. The fourth-order valence-corrected chi connectivity index (χ4v) is 3.43. The number of aliphatic imine (C=N–C) groups is 1. The Kier molecular flexibility index (Phi) is 8.46. The zero-order valence-corrected chi connectivity index (χ0v) is 17.2. The van der Waals surface area contributed by atoms with E-state index in [9.17, 15) is 0 Å². The van der Waals surface area contributed by atoms with Gasteiger partial charge in [0.2, 0.25) is 0 Å². The normalized spacial score (nSPS) is 23.5. The predicted molar refractivity (Wildman–Crippen MR) is 106 cm³/mol. The first-order valence-electron chi connectivity index (χ1n) is 8.76. The van der Waals surface area contributed by atoms with E-state index < -0.39 is 0 Å². The van der Waals surface area contributed by atoms with Crippen molar-refractivity contribution in [1.82, 2.24) is 15.1 Å². The molecular weight excluding hydrogens is 387 g/mol. The monoisotopic (exact) mass is 422 g/mol. The molecule has 1 N–H and O–H groups in total. The first-order valence-corrected chi connectivity index (χ1v) is 8.76. The summed E-state index contributed by atoms with van der Waals surface area (Å²) in [5.41, 5.74) is 0.428. The van der Waals surface area contributed by atoms with Crippen molar-refractivity contribution < 1.29 is 0 Å². The number of nitrogens with zero attached hydrogens (tertiary/aromatic N) is 3. The van der Waals surface area contributed by atoms with Crippen LogP contribution in [-0.2, 0) is 0 Å². The van der Waals surface area contributed by atoms with Crippen molar-refractivity contribution in [3.63, 3.8) is 0 Å². The van der Waals surface area contributed by atoms with E-state index in [-0.39, 0.29) is 24.0 Å². The summed E-state index contributed by atoms with van der Waals surface area (Å²) in [6.07, 6.45) is 4.02. The fourth-order valence-electron chi connectivity index (χ4n) is 3.43. The number of hydrogen-bond acceptors (Lipinski definition) is 2. The van der Waals surface area contributed by atoms with Gasteiger partial charge in [0, 0.05) is 32.7 Å². The average Bonchev–Trinajstić information content (AvgIpc) is 3.04. The molecular formula is C17H35IN4. The second-order valence-corrected chi connectivity index (χ2v) is 7.64. The molecule has 0 aromatic carbocycles. The van der Waals surface area contributed by atoms with Crippen molar-refractivity contribution in [2.45, 2.75) is 47.0 Å². The molecule has 5 heteroatoms. The maximum absolute atomic E-state index is 4.91. The van der Waals surface area contributed by atoms with Crippen LogP contribution in [0.2, 0.25) is 0 Å². The van der Waals surface area contributed by atoms with Gasteiger partial charge in [-0.15, -0.1) is 24.0 Å². The van der Waals surface area contributed by atoms with Gasteiger partial charge in [0.1, 0.15) is 0 Å². The molecule has 0 aliphatic carbocycles. The Bertz CT molecular complexity index is 351. The Balaban J connectivity index is 0.00000242. The molecule has 2 heterocycles. The first kappa shape index (κ1) is 20.0. The summed E-state index contributed by atoms with van der Waals surface area (Å²) < 4.78 is 0. The van der Waals surface area contributed by atoms with E-state index in [1.54, 1.807) is 0 Å². The molecule has 0 aromatic rings. The zero-order valence-electron chi connectivity index (χ0n) is 14.9. The second kappa shape index (κ2) is 9.30. The van der Waals surface area contributed by atoms with Crippen molar-refractivity contribution in [1.29, 1.82) is 0 Å². The lowest BCUT2D eigenvalue weighted by molar-refractivity contribution is 0.291. The standard InChI is InChI=1S/C17H34N4.HI/c1-5-18-16(21-11-8-17(3,4)14-21)19-12-15(2)13-20-9-6-7-10-20;/h15H,5-14H2,1-4H3,(H,18,19);1H. The minimum atomic E-state index is 0. The Labute approximate surface area is 154 Å². The van der Waals surface area contributed by atoms with E-state index in [4.69, 9.17) is 4.99 Å². The molecule has 0 saturated carbocycles. The van der Waals surface area contributed by atoms with Crippen LogP contribution < -0.4 is 5.32 Å². The molecule has 1 unspecified atom stereocenters. The molecule has 0 radical (unpaired) electrons. The van der Waals surface area contributed by atoms with E-state index in [0.717, 1.165) is 32.1 Å². The highest BCUT2D eigenvalue weighted by Gasteiger charge is 2.30. The lowest BCUT2D eigenvalue weighted by Crippen LogP contribution is -2.41. The van der Waals surface area contributed by atoms with Gasteiger partial charge < -0.3 is 15.1 Å². The van der Waals surface area contributed by atoms with Crippen LogP contribution in [0.4, 0.5) is 0 Å². The molecule has 0 aromatic heterocycles. The van der Waals surface area contributed by atoms with Crippen LogP contribution in [0.1, 0.15) is 47.0 Å². The van der Waals surface area contributed by atoms with Crippen LogP contribution in [0.25, 0.3) is 0 Å². The van der Waals surface area contributed by atoms with Crippen molar-refractivity contribution in [2.75, 3.05) is 45.8 Å². The Hall–Kier alpha value is -0.0400. The van der Waals surface area contributed by atoms with Crippen LogP contribution in [-0.4, -0.2) is 61.6 Å². The average molecular weight is 422 g/mol. The summed E-state index contributed by atoms with van der Waals surface area (Å²) in [7, 11) is 0. The second-order valence-electron chi connectivity index (χ2n) is 7.64. The van der Waals surface area contributed by atoms with Crippen LogP contribution in [0.5, 0.6) is 0 Å². The van der Waals surface area contributed by atoms with E-state index >= 15 is 0 Å². The molecule has 4 nitrogen and oxygen atoms in total. The van der Waals surface area contributed by atoms with Crippen LogP contribution >= 0.6 is 24.0 Å². The van der Waals surface area contributed by atoms with Crippen LogP contribution in [0.3, 0.4) is 0 Å². The van der Waals surface area contributed by atoms with Crippen molar-refractivity contribution in [3.8, 4) is 0 Å². The Morgan fingerprint density at radius 1 is 1.23 bits per heavy atom. The molecule has 0 amide bonds. The Morgan fingerprint density at radius 2 is 1.91 bits per heavy atom. The molecule has 2 rings (SSSR count). The molecule has 1 atom stereocenters. The lowest BCUT2D eigenvalue weighted by Gasteiger charge is -2.24. The molecule has 0 spiro atoms. The molecule has 2 saturated heterocycles. The number of hydrogen-bond donors (Lipinski definition) is 1. The van der Waals surface area contributed by atoms with Crippen molar-refractivity contribution in [2.24, 2.45) is 16.3 Å². The summed E-state index contributed by atoms with van der Waals surface area (Å²) in [4.78, 5) is 9.93. The largest absolute Gasteiger partial charge is 0.357 e. The molecule has 2 fully saturated rings. The summed E-state index contributed by atoms with van der Waals surface area (Å²) in [6, 6.07) is 0. The zero-order chi connectivity index (χ0) is 15.3. The molecule has 22 heavy (non-hydrogen) atoms. The third-order valence-electron chi connectivity index (χ3n) is 4.63. The summed E-state index contributed by atoms with van der Waals surface area (Å²) >= 11 is 0. The molecule has 2 aliphatic rings. The van der Waals surface area contributed by atoms with Gasteiger partial charge in [0.15, 0.2) is 5.96 Å². The summed E-state index contributed by atoms with van der Waals surface area (Å²) in [5.74, 6) is 1.77. The number of halogens is 1. The first-order chi connectivity index (χ1) is 10.00. The summed E-state index contributed by atoms with van der Waals surface area (Å²) in [6.45, 7) is 17.1. The van der Waals surface area contributed by atoms with Crippen molar-refractivity contribution in [3.05, 3.63) is 0 Å². The van der Waals surface area contributed by atoms with Gasteiger partial charge in [0.05, 0.1) is 0 Å². The third-order valence-corrected chi connectivity index (χ3v) is 4.63. The highest BCUT2D eigenvalue weighted by Crippen LogP contribution is 2.28. The third kappa shape index (κ3) is 6.22. The Morgan fingerprint density at radius 3 is 2.45 bits per heavy atom. The minimum absolute atomic E-state index is 0. The number of nitrogens with one attached hydrogen (secondary N) is 1. The minimum Gasteiger partial charge on any atom is -0.357 e. The van der Waals surface area contributed by atoms with E-state index in [1.165, 1.54) is 38.9 Å². The highest BCUT2D eigenvalue weighted by atomic mass is 127. The van der Waals surface area contributed by atoms with Crippen molar-refractivity contribution >= 4 is 29.9 Å². The molecule has 130 valence electrons. The van der Waals surface area contributed by atoms with Crippen LogP contribution in [0, 0.1) is 11.3 Å². The van der Waals surface area contributed by atoms with Gasteiger partial charge in [-0.05, 0) is 50.6 Å². The van der Waals surface area contributed by atoms with Crippen LogP contribution in [0.15, 0.2) is 4.99 Å². The number of rotatable bonds is 5. The smallest absolute Gasteiger partial charge is 0.193 e. The maximum Gasteiger partial charge on any atom is 0.193 e. The van der Waals surface area contributed by atoms with Gasteiger partial charge >= 0.3 is 0 Å². The topological polar surface area (TPSA) is 30.9 Å². The summed E-state index contributed by atoms with van der Waals surface area (Å²) in [5, 5.41) is 3.47. The number of guanidine groups is 1. The van der Waals surface area contributed by atoms with E-state index in [0.29, 0.717) is 11.3 Å². The quantitative estimate of drug-likeness (QED) is 0.420.